The third-order valence-corrected chi connectivity index (χ3v) is 4.34. The molecule has 0 aromatic carbocycles. The summed E-state index contributed by atoms with van der Waals surface area (Å²) in [6.45, 7) is 7.87. The number of methoxy groups -OCH3 is 1. The van der Waals surface area contributed by atoms with Crippen LogP contribution >= 0.6 is 0 Å². The lowest BCUT2D eigenvalue weighted by molar-refractivity contribution is 0.00578. The molecule has 22 heavy (non-hydrogen) atoms. The summed E-state index contributed by atoms with van der Waals surface area (Å²) in [6.07, 6.45) is 1.52. The van der Waals surface area contributed by atoms with Crippen LogP contribution in [0.25, 0.3) is 11.1 Å². The molecule has 3 rings (SSSR count). The van der Waals surface area contributed by atoms with Gasteiger partial charge in [-0.1, -0.05) is 0 Å². The van der Waals surface area contributed by atoms with E-state index < -0.39 is 24.3 Å². The summed E-state index contributed by atoms with van der Waals surface area (Å²) in [4.78, 5) is 16.0. The number of aromatic nitrogens is 1. The number of esters is 1. The molecule has 0 radical (unpaired) electrons. The molecule has 6 nitrogen and oxygen atoms in total. The van der Waals surface area contributed by atoms with Crippen LogP contribution < -0.4 is 5.46 Å². The van der Waals surface area contributed by atoms with E-state index in [1.54, 1.807) is 12.1 Å². The van der Waals surface area contributed by atoms with E-state index in [4.69, 9.17) is 18.5 Å². The summed E-state index contributed by atoms with van der Waals surface area (Å²) >= 11 is 0. The Bertz CT molecular complexity index is 721. The first-order valence-corrected chi connectivity index (χ1v) is 7.07. The molecule has 0 spiro atoms. The van der Waals surface area contributed by atoms with E-state index in [0.29, 0.717) is 16.6 Å². The molecule has 0 atom stereocenters. The third kappa shape index (κ3) is 2.21. The monoisotopic (exact) mass is 303 g/mol. The predicted molar refractivity (Wildman–Crippen MR) is 81.1 cm³/mol. The molecule has 1 saturated heterocycles. The van der Waals surface area contributed by atoms with Crippen LogP contribution in [0, 0.1) is 0 Å². The van der Waals surface area contributed by atoms with Crippen molar-refractivity contribution in [1.29, 1.82) is 0 Å². The van der Waals surface area contributed by atoms with Gasteiger partial charge in [0, 0.05) is 11.5 Å². The molecule has 1 aliphatic heterocycles. The van der Waals surface area contributed by atoms with E-state index in [9.17, 15) is 4.79 Å². The molecule has 0 bridgehead atoms. The second-order valence-electron chi connectivity index (χ2n) is 6.31. The number of rotatable bonds is 2. The van der Waals surface area contributed by atoms with Crippen LogP contribution in [0.2, 0.25) is 0 Å². The molecule has 1 fully saturated rings. The highest BCUT2D eigenvalue weighted by atomic mass is 16.7. The second kappa shape index (κ2) is 4.82. The van der Waals surface area contributed by atoms with Gasteiger partial charge in [0.05, 0.1) is 24.6 Å². The molecule has 0 unspecified atom stereocenters. The molecule has 0 N–H and O–H groups in total. The Morgan fingerprint density at radius 3 is 2.45 bits per heavy atom. The maximum Gasteiger partial charge on any atom is 0.498 e. The number of carbonyl (C=O) groups is 1. The number of pyridine rings is 1. The van der Waals surface area contributed by atoms with E-state index in [2.05, 4.69) is 4.98 Å². The molecule has 1 aliphatic rings. The van der Waals surface area contributed by atoms with E-state index in [-0.39, 0.29) is 5.69 Å². The van der Waals surface area contributed by atoms with Crippen molar-refractivity contribution in [2.24, 2.45) is 0 Å². The second-order valence-corrected chi connectivity index (χ2v) is 6.31. The van der Waals surface area contributed by atoms with Gasteiger partial charge in [-0.25, -0.2) is 9.78 Å². The first-order valence-electron chi connectivity index (χ1n) is 7.07. The predicted octanol–water partition coefficient (Wildman–Crippen LogP) is 1.91. The number of nitrogens with zero attached hydrogens (tertiary/aromatic N) is 1. The van der Waals surface area contributed by atoms with Gasteiger partial charge in [0.1, 0.15) is 11.2 Å². The zero-order valence-electron chi connectivity index (χ0n) is 13.3. The van der Waals surface area contributed by atoms with Gasteiger partial charge in [-0.15, -0.1) is 0 Å². The highest BCUT2D eigenvalue weighted by molar-refractivity contribution is 6.64. The average molecular weight is 303 g/mol. The number of furan rings is 1. The molecule has 116 valence electrons. The van der Waals surface area contributed by atoms with Gasteiger partial charge >= 0.3 is 13.1 Å². The van der Waals surface area contributed by atoms with E-state index in [1.807, 2.05) is 27.7 Å². The molecule has 3 heterocycles. The summed E-state index contributed by atoms with van der Waals surface area (Å²) in [7, 11) is 0.683. The third-order valence-electron chi connectivity index (χ3n) is 4.34. The summed E-state index contributed by atoms with van der Waals surface area (Å²) in [5.74, 6) is -0.513. The number of ether oxygens (including phenoxy) is 1. The van der Waals surface area contributed by atoms with Crippen LogP contribution in [-0.2, 0) is 14.0 Å². The van der Waals surface area contributed by atoms with Crippen LogP contribution in [0.3, 0.4) is 0 Å². The molecule has 7 heteroatoms. The van der Waals surface area contributed by atoms with Crippen molar-refractivity contribution < 1.29 is 23.3 Å². The maximum absolute atomic E-state index is 11.8. The zero-order valence-corrected chi connectivity index (χ0v) is 13.3. The minimum atomic E-state index is -0.634. The van der Waals surface area contributed by atoms with Crippen molar-refractivity contribution in [1.82, 2.24) is 4.98 Å². The fourth-order valence-electron chi connectivity index (χ4n) is 2.34. The van der Waals surface area contributed by atoms with Crippen molar-refractivity contribution in [2.75, 3.05) is 7.11 Å². The van der Waals surface area contributed by atoms with Crippen molar-refractivity contribution >= 4 is 29.7 Å². The maximum atomic E-state index is 11.8. The minimum absolute atomic E-state index is 0.195. The van der Waals surface area contributed by atoms with Crippen LogP contribution in [0.5, 0.6) is 0 Å². The summed E-state index contributed by atoms with van der Waals surface area (Å²) in [5.41, 5.74) is 0.977. The Kier molecular flexibility index (Phi) is 3.30. The fraction of sp³-hybridized carbons (Fsp3) is 0.467. The molecular weight excluding hydrogens is 285 g/mol. The van der Waals surface area contributed by atoms with Gasteiger partial charge in [-0.05, 0) is 33.8 Å². The first-order chi connectivity index (χ1) is 10.2. The number of hydrogen-bond acceptors (Lipinski definition) is 6. The minimum Gasteiger partial charge on any atom is -0.464 e. The molecule has 0 aliphatic carbocycles. The Balaban J connectivity index is 2.11. The Morgan fingerprint density at radius 1 is 1.23 bits per heavy atom. The van der Waals surface area contributed by atoms with Crippen molar-refractivity contribution in [3.8, 4) is 0 Å². The van der Waals surface area contributed by atoms with Gasteiger partial charge in [-0.2, -0.15) is 0 Å². The molecule has 0 amide bonds. The van der Waals surface area contributed by atoms with Crippen LogP contribution in [0.4, 0.5) is 0 Å². The number of hydrogen-bond donors (Lipinski definition) is 0. The number of carbonyl (C=O) groups excluding carboxylic acids is 1. The lowest BCUT2D eigenvalue weighted by Gasteiger charge is -2.32. The Hall–Kier alpha value is -1.86. The van der Waals surface area contributed by atoms with Crippen LogP contribution in [-0.4, -0.2) is 36.4 Å². The average Bonchev–Trinajstić information content (AvgIpc) is 2.99. The summed E-state index contributed by atoms with van der Waals surface area (Å²) < 4.78 is 22.3. The first kappa shape index (κ1) is 15.1. The zero-order chi connectivity index (χ0) is 16.1. The lowest BCUT2D eigenvalue weighted by atomic mass is 9.78. The van der Waals surface area contributed by atoms with Crippen LogP contribution in [0.1, 0.15) is 38.2 Å². The Morgan fingerprint density at radius 2 is 1.86 bits per heavy atom. The standard InChI is InChI=1S/C15H18BNO5/c1-14(2)15(3,4)22-16(21-14)9-8-11(13(18)19-5)17-10-6-7-20-12(9)10/h6-8H,1-5H3. The molecule has 0 saturated carbocycles. The smallest absolute Gasteiger partial charge is 0.464 e. The molecule has 2 aromatic heterocycles. The van der Waals surface area contributed by atoms with Crippen LogP contribution in [0.15, 0.2) is 22.8 Å². The fourth-order valence-corrected chi connectivity index (χ4v) is 2.34. The molecular formula is C15H18BNO5. The number of fused-ring (bicyclic) bond motifs is 1. The highest BCUT2D eigenvalue weighted by Gasteiger charge is 2.52. The highest BCUT2D eigenvalue weighted by Crippen LogP contribution is 2.37. The largest absolute Gasteiger partial charge is 0.498 e. The van der Waals surface area contributed by atoms with Gasteiger partial charge in [-0.3, -0.25) is 0 Å². The van der Waals surface area contributed by atoms with E-state index >= 15 is 0 Å². The Labute approximate surface area is 128 Å². The lowest BCUT2D eigenvalue weighted by Crippen LogP contribution is -2.41. The van der Waals surface area contributed by atoms with E-state index in [0.717, 1.165) is 0 Å². The topological polar surface area (TPSA) is 70.8 Å². The quantitative estimate of drug-likeness (QED) is 0.623. The van der Waals surface area contributed by atoms with Gasteiger partial charge < -0.3 is 18.5 Å². The van der Waals surface area contributed by atoms with Gasteiger partial charge in [0.2, 0.25) is 0 Å². The van der Waals surface area contributed by atoms with Gasteiger partial charge in [0.25, 0.3) is 0 Å². The van der Waals surface area contributed by atoms with Crippen molar-refractivity contribution in [3.05, 3.63) is 24.1 Å². The normalized spacial score (nSPS) is 19.6. The van der Waals surface area contributed by atoms with Gasteiger partial charge in [0.15, 0.2) is 5.58 Å². The summed E-state index contributed by atoms with van der Waals surface area (Å²) in [6, 6.07) is 3.29. The van der Waals surface area contributed by atoms with Crippen molar-refractivity contribution in [3.63, 3.8) is 0 Å². The van der Waals surface area contributed by atoms with Crippen molar-refractivity contribution in [2.45, 2.75) is 38.9 Å². The SMILES string of the molecule is COC(=O)c1cc(B2OC(C)(C)C(C)(C)O2)c2occc2n1. The molecule has 2 aromatic rings. The summed E-state index contributed by atoms with van der Waals surface area (Å²) in [5, 5.41) is 0. The van der Waals surface area contributed by atoms with E-state index in [1.165, 1.54) is 13.4 Å².